The molecule has 0 aliphatic heterocycles. The molecule has 0 aliphatic rings. The molecule has 0 saturated heterocycles. The molecule has 2 rings (SSSR count). The number of carboxylic acids is 1. The molecule has 0 aliphatic carbocycles. The lowest BCUT2D eigenvalue weighted by Crippen LogP contribution is -2.45. The second-order valence-electron chi connectivity index (χ2n) is 5.82. The van der Waals surface area contributed by atoms with Gasteiger partial charge in [0.25, 0.3) is 11.5 Å². The number of carbonyl (C=O) groups excluding carboxylic acids is 1. The Morgan fingerprint density at radius 1 is 1.30 bits per heavy atom. The predicted octanol–water partition coefficient (Wildman–Crippen LogP) is 2.01. The number of hydrogen-bond donors (Lipinski definition) is 3. The minimum Gasteiger partial charge on any atom is -0.481 e. The van der Waals surface area contributed by atoms with Crippen molar-refractivity contribution >= 4 is 11.9 Å². The number of carboxylic acid groups (broad SMARTS) is 1. The molecule has 7 nitrogen and oxygen atoms in total. The Morgan fingerprint density at radius 2 is 2.04 bits per heavy atom. The van der Waals surface area contributed by atoms with Gasteiger partial charge in [-0.15, -0.1) is 0 Å². The van der Waals surface area contributed by atoms with Gasteiger partial charge in [0, 0.05) is 12.0 Å². The maximum Gasteiger partial charge on any atom is 0.303 e. The van der Waals surface area contributed by atoms with Crippen LogP contribution in [0.5, 0.6) is 0 Å². The van der Waals surface area contributed by atoms with E-state index in [-0.39, 0.29) is 18.4 Å². The summed E-state index contributed by atoms with van der Waals surface area (Å²) in [6.07, 6.45) is 1.68. The molecule has 1 amide bonds. The molecule has 0 saturated carbocycles. The minimum absolute atomic E-state index is 0.0382. The van der Waals surface area contributed by atoms with Crippen LogP contribution in [0.25, 0.3) is 11.5 Å². The van der Waals surface area contributed by atoms with Gasteiger partial charge in [-0.3, -0.25) is 14.4 Å². The van der Waals surface area contributed by atoms with Gasteiger partial charge < -0.3 is 19.8 Å². The Hall–Kier alpha value is -2.83. The second-order valence-corrected chi connectivity index (χ2v) is 5.82. The van der Waals surface area contributed by atoms with E-state index in [0.29, 0.717) is 11.5 Å². The standard InChI is InChI=1S/C16H18N2O5/c1-16(2,8-7-13(19)20)18-15(22)10-5-6-11(17-14(10)21)12-4-3-9-23-12/h3-6,9H,7-8H2,1-2H3,(H,17,21)(H,18,22)(H,19,20). The molecule has 0 bridgehead atoms. The van der Waals surface area contributed by atoms with E-state index >= 15 is 0 Å². The molecule has 0 atom stereocenters. The largest absolute Gasteiger partial charge is 0.481 e. The van der Waals surface area contributed by atoms with Crippen LogP contribution in [0.2, 0.25) is 0 Å². The molecule has 122 valence electrons. The number of pyridine rings is 1. The third-order valence-corrected chi connectivity index (χ3v) is 3.36. The maximum absolute atomic E-state index is 12.2. The predicted molar refractivity (Wildman–Crippen MR) is 83.2 cm³/mol. The highest BCUT2D eigenvalue weighted by molar-refractivity contribution is 5.94. The van der Waals surface area contributed by atoms with Crippen LogP contribution in [0.4, 0.5) is 0 Å². The third kappa shape index (κ3) is 4.32. The van der Waals surface area contributed by atoms with Crippen LogP contribution in [0.3, 0.4) is 0 Å². The van der Waals surface area contributed by atoms with Gasteiger partial charge in [-0.25, -0.2) is 0 Å². The van der Waals surface area contributed by atoms with Crippen LogP contribution in [-0.2, 0) is 4.79 Å². The van der Waals surface area contributed by atoms with Crippen molar-refractivity contribution in [3.05, 3.63) is 46.4 Å². The highest BCUT2D eigenvalue weighted by atomic mass is 16.4. The molecular formula is C16H18N2O5. The van der Waals surface area contributed by atoms with Crippen LogP contribution < -0.4 is 10.9 Å². The van der Waals surface area contributed by atoms with Crippen molar-refractivity contribution in [1.29, 1.82) is 0 Å². The van der Waals surface area contributed by atoms with Gasteiger partial charge in [-0.05, 0) is 44.5 Å². The average molecular weight is 318 g/mol. The van der Waals surface area contributed by atoms with Crippen molar-refractivity contribution in [3.63, 3.8) is 0 Å². The van der Waals surface area contributed by atoms with E-state index in [2.05, 4.69) is 10.3 Å². The first-order chi connectivity index (χ1) is 10.8. The average Bonchev–Trinajstić information content (AvgIpc) is 2.98. The number of aromatic nitrogens is 1. The van der Waals surface area contributed by atoms with Gasteiger partial charge in [0.05, 0.1) is 12.0 Å². The van der Waals surface area contributed by atoms with Crippen LogP contribution in [0.15, 0.2) is 39.7 Å². The Bertz CT molecular complexity index is 759. The summed E-state index contributed by atoms with van der Waals surface area (Å²) in [5.74, 6) is -0.989. The Kier molecular flexibility index (Phi) is 4.68. The topological polar surface area (TPSA) is 112 Å². The number of aliphatic carboxylic acids is 1. The zero-order valence-corrected chi connectivity index (χ0v) is 12.9. The second kappa shape index (κ2) is 6.51. The smallest absolute Gasteiger partial charge is 0.303 e. The molecule has 0 unspecified atom stereocenters. The number of rotatable bonds is 6. The first-order valence-corrected chi connectivity index (χ1v) is 7.10. The third-order valence-electron chi connectivity index (χ3n) is 3.36. The summed E-state index contributed by atoms with van der Waals surface area (Å²) in [7, 11) is 0. The van der Waals surface area contributed by atoms with E-state index in [9.17, 15) is 14.4 Å². The molecule has 2 aromatic rings. The van der Waals surface area contributed by atoms with Gasteiger partial charge in [0.2, 0.25) is 0 Å². The van der Waals surface area contributed by atoms with Crippen molar-refractivity contribution in [2.75, 3.05) is 0 Å². The fraction of sp³-hybridized carbons (Fsp3) is 0.312. The summed E-state index contributed by atoms with van der Waals surface area (Å²) < 4.78 is 5.18. The zero-order valence-electron chi connectivity index (χ0n) is 12.9. The first-order valence-electron chi connectivity index (χ1n) is 7.10. The van der Waals surface area contributed by atoms with Crippen molar-refractivity contribution in [3.8, 4) is 11.5 Å². The van der Waals surface area contributed by atoms with E-state index in [1.165, 1.54) is 12.3 Å². The Labute approximate surface area is 132 Å². The maximum atomic E-state index is 12.2. The van der Waals surface area contributed by atoms with Crippen LogP contribution >= 0.6 is 0 Å². The van der Waals surface area contributed by atoms with Crippen molar-refractivity contribution in [2.45, 2.75) is 32.2 Å². The fourth-order valence-electron chi connectivity index (χ4n) is 2.08. The number of furan rings is 1. The van der Waals surface area contributed by atoms with E-state index in [1.807, 2.05) is 0 Å². The van der Waals surface area contributed by atoms with Gasteiger partial charge in [-0.2, -0.15) is 0 Å². The van der Waals surface area contributed by atoms with E-state index < -0.39 is 23.0 Å². The lowest BCUT2D eigenvalue weighted by atomic mass is 9.98. The van der Waals surface area contributed by atoms with E-state index in [4.69, 9.17) is 9.52 Å². The lowest BCUT2D eigenvalue weighted by Gasteiger charge is -2.25. The number of hydrogen-bond acceptors (Lipinski definition) is 4. The number of aromatic amines is 1. The van der Waals surface area contributed by atoms with Crippen molar-refractivity contribution in [2.24, 2.45) is 0 Å². The molecule has 2 heterocycles. The Morgan fingerprint density at radius 3 is 2.61 bits per heavy atom. The van der Waals surface area contributed by atoms with Crippen LogP contribution in [0.1, 0.15) is 37.0 Å². The SMILES string of the molecule is CC(C)(CCC(=O)O)NC(=O)c1ccc(-c2ccco2)[nH]c1=O. The van der Waals surface area contributed by atoms with Crippen molar-refractivity contribution < 1.29 is 19.1 Å². The molecule has 7 heteroatoms. The summed E-state index contributed by atoms with van der Waals surface area (Å²) in [6, 6.07) is 6.39. The minimum atomic E-state index is -0.937. The van der Waals surface area contributed by atoms with E-state index in [0.717, 1.165) is 0 Å². The Balaban J connectivity index is 2.14. The normalized spacial score (nSPS) is 11.2. The highest BCUT2D eigenvalue weighted by Crippen LogP contribution is 2.16. The summed E-state index contributed by atoms with van der Waals surface area (Å²) in [5, 5.41) is 11.4. The number of amides is 1. The van der Waals surface area contributed by atoms with Gasteiger partial charge >= 0.3 is 5.97 Å². The number of nitrogens with one attached hydrogen (secondary N) is 2. The summed E-state index contributed by atoms with van der Waals surface area (Å²) in [6.45, 7) is 3.42. The number of carbonyl (C=O) groups is 2. The summed E-state index contributed by atoms with van der Waals surface area (Å²) in [5.41, 5.74) is -0.836. The lowest BCUT2D eigenvalue weighted by molar-refractivity contribution is -0.137. The first kappa shape index (κ1) is 16.5. The summed E-state index contributed by atoms with van der Waals surface area (Å²) >= 11 is 0. The summed E-state index contributed by atoms with van der Waals surface area (Å²) in [4.78, 5) is 37.5. The van der Waals surface area contributed by atoms with E-state index in [1.54, 1.807) is 32.0 Å². The quantitative estimate of drug-likeness (QED) is 0.754. The van der Waals surface area contributed by atoms with Crippen LogP contribution in [-0.4, -0.2) is 27.5 Å². The van der Waals surface area contributed by atoms with Gasteiger partial charge in [-0.1, -0.05) is 0 Å². The molecule has 0 radical (unpaired) electrons. The van der Waals surface area contributed by atoms with Gasteiger partial charge in [0.15, 0.2) is 0 Å². The molecule has 3 N–H and O–H groups in total. The highest BCUT2D eigenvalue weighted by Gasteiger charge is 2.23. The van der Waals surface area contributed by atoms with Crippen molar-refractivity contribution in [1.82, 2.24) is 10.3 Å². The number of H-pyrrole nitrogens is 1. The molecule has 0 fully saturated rings. The monoisotopic (exact) mass is 318 g/mol. The molecule has 2 aromatic heterocycles. The fourth-order valence-corrected chi connectivity index (χ4v) is 2.08. The van der Waals surface area contributed by atoms with Gasteiger partial charge in [0.1, 0.15) is 11.3 Å². The zero-order chi connectivity index (χ0) is 17.0. The molecule has 0 aromatic carbocycles. The molecule has 23 heavy (non-hydrogen) atoms. The molecular weight excluding hydrogens is 300 g/mol. The molecule has 0 spiro atoms. The van der Waals surface area contributed by atoms with Crippen LogP contribution in [0, 0.1) is 0 Å².